The number of carbonyl (C=O) groups is 1. The van der Waals surface area contributed by atoms with Gasteiger partial charge in [0, 0.05) is 32.9 Å². The molecule has 1 aromatic heterocycles. The first kappa shape index (κ1) is 15.1. The molecule has 1 heterocycles. The Balaban J connectivity index is 2.17. The Kier molecular flexibility index (Phi) is 4.64. The lowest BCUT2D eigenvalue weighted by atomic mass is 10.3. The number of nitrogens with zero attached hydrogens (tertiary/aromatic N) is 3. The van der Waals surface area contributed by atoms with Gasteiger partial charge in [0.15, 0.2) is 5.58 Å². The van der Waals surface area contributed by atoms with E-state index in [9.17, 15) is 4.79 Å². The first-order valence-corrected chi connectivity index (χ1v) is 6.80. The lowest BCUT2D eigenvalue weighted by Gasteiger charge is -2.20. The van der Waals surface area contributed by atoms with E-state index in [0.29, 0.717) is 35.9 Å². The summed E-state index contributed by atoms with van der Waals surface area (Å²) in [7, 11) is 3.70. The molecule has 114 valence electrons. The number of urea groups is 1. The number of fused-ring (bicyclic) bond motifs is 1. The van der Waals surface area contributed by atoms with Crippen molar-refractivity contribution in [1.82, 2.24) is 9.88 Å². The first-order valence-electron chi connectivity index (χ1n) is 6.80. The molecule has 0 saturated carbocycles. The number of rotatable bonds is 5. The number of aromatic nitrogens is 1. The topological polar surface area (TPSA) is 81.8 Å². The highest BCUT2D eigenvalue weighted by molar-refractivity contribution is 5.91. The fourth-order valence-corrected chi connectivity index (χ4v) is 1.91. The molecule has 1 aromatic carbocycles. The van der Waals surface area contributed by atoms with Crippen molar-refractivity contribution >= 4 is 28.8 Å². The van der Waals surface area contributed by atoms with Crippen LogP contribution in [0.25, 0.3) is 11.1 Å². The smallest absolute Gasteiger partial charge is 0.321 e. The van der Waals surface area contributed by atoms with Gasteiger partial charge in [-0.15, -0.1) is 0 Å². The third kappa shape index (κ3) is 3.43. The average molecular weight is 292 g/mol. The second-order valence-corrected chi connectivity index (χ2v) is 4.81. The van der Waals surface area contributed by atoms with Crippen LogP contribution in [-0.4, -0.2) is 54.8 Å². The maximum atomic E-state index is 12.0. The molecule has 0 unspecified atom stereocenters. The number of oxazole rings is 1. The Hall–Kier alpha value is -2.28. The molecule has 0 bridgehead atoms. The minimum absolute atomic E-state index is 0.0597. The summed E-state index contributed by atoms with van der Waals surface area (Å²) in [5, 5.41) is 11.7. The monoisotopic (exact) mass is 292 g/mol. The van der Waals surface area contributed by atoms with Gasteiger partial charge < -0.3 is 24.6 Å². The lowest BCUT2D eigenvalue weighted by Crippen LogP contribution is -2.36. The SMILES string of the molecule is CCN(CCO)C(=O)Nc1ccc2oc(N(C)C)nc2c1. The van der Waals surface area contributed by atoms with Crippen LogP contribution in [0.4, 0.5) is 16.5 Å². The number of amides is 2. The van der Waals surface area contributed by atoms with Gasteiger partial charge >= 0.3 is 6.03 Å². The molecule has 21 heavy (non-hydrogen) atoms. The van der Waals surface area contributed by atoms with E-state index in [4.69, 9.17) is 9.52 Å². The van der Waals surface area contributed by atoms with Gasteiger partial charge in [-0.05, 0) is 25.1 Å². The molecule has 0 saturated heterocycles. The zero-order valence-electron chi connectivity index (χ0n) is 12.5. The van der Waals surface area contributed by atoms with Crippen LogP contribution in [-0.2, 0) is 0 Å². The van der Waals surface area contributed by atoms with Crippen molar-refractivity contribution in [3.05, 3.63) is 18.2 Å². The molecule has 0 spiro atoms. The number of carbonyl (C=O) groups excluding carboxylic acids is 1. The number of aliphatic hydroxyl groups excluding tert-OH is 1. The van der Waals surface area contributed by atoms with E-state index >= 15 is 0 Å². The molecule has 2 aromatic rings. The minimum atomic E-state index is -0.248. The molecule has 0 radical (unpaired) electrons. The first-order chi connectivity index (χ1) is 10.0. The van der Waals surface area contributed by atoms with Crippen LogP contribution < -0.4 is 10.2 Å². The van der Waals surface area contributed by atoms with Gasteiger partial charge in [-0.25, -0.2) is 4.79 Å². The van der Waals surface area contributed by atoms with Gasteiger partial charge in [-0.3, -0.25) is 0 Å². The number of likely N-dealkylation sites (N-methyl/N-ethyl adjacent to an activating group) is 1. The zero-order valence-corrected chi connectivity index (χ0v) is 12.5. The Bertz CT molecular complexity index is 624. The van der Waals surface area contributed by atoms with E-state index in [2.05, 4.69) is 10.3 Å². The van der Waals surface area contributed by atoms with Gasteiger partial charge in [0.25, 0.3) is 6.01 Å². The summed E-state index contributed by atoms with van der Waals surface area (Å²) in [6, 6.07) is 5.56. The predicted molar refractivity (Wildman–Crippen MR) is 81.7 cm³/mol. The van der Waals surface area contributed by atoms with E-state index in [1.54, 1.807) is 23.1 Å². The van der Waals surface area contributed by atoms with E-state index in [-0.39, 0.29) is 12.6 Å². The third-order valence-electron chi connectivity index (χ3n) is 3.05. The van der Waals surface area contributed by atoms with Crippen LogP contribution in [0.5, 0.6) is 0 Å². The predicted octanol–water partition coefficient (Wildman–Crippen LogP) is 1.74. The summed E-state index contributed by atoms with van der Waals surface area (Å²) in [5.41, 5.74) is 1.99. The number of anilines is 2. The van der Waals surface area contributed by atoms with Crippen LogP contribution >= 0.6 is 0 Å². The number of hydrogen-bond donors (Lipinski definition) is 2. The van der Waals surface area contributed by atoms with Gasteiger partial charge in [0.2, 0.25) is 0 Å². The molecule has 7 nitrogen and oxygen atoms in total. The molecule has 2 rings (SSSR count). The maximum Gasteiger partial charge on any atom is 0.321 e. The van der Waals surface area contributed by atoms with Crippen molar-refractivity contribution < 1.29 is 14.3 Å². The van der Waals surface area contributed by atoms with Crippen molar-refractivity contribution in [2.45, 2.75) is 6.92 Å². The standard InChI is InChI=1S/C14H20N4O3/c1-4-18(7-8-19)13(20)15-10-5-6-12-11(9-10)16-14(21-12)17(2)3/h5-6,9,19H,4,7-8H2,1-3H3,(H,15,20). The second kappa shape index (κ2) is 6.45. The molecular weight excluding hydrogens is 272 g/mol. The van der Waals surface area contributed by atoms with Gasteiger partial charge in [0.05, 0.1) is 6.61 Å². The van der Waals surface area contributed by atoms with E-state index in [0.717, 1.165) is 0 Å². The molecule has 0 aliphatic heterocycles. The fraction of sp³-hybridized carbons (Fsp3) is 0.429. The van der Waals surface area contributed by atoms with Gasteiger partial charge in [0.1, 0.15) is 5.52 Å². The second-order valence-electron chi connectivity index (χ2n) is 4.81. The summed E-state index contributed by atoms with van der Waals surface area (Å²) in [4.78, 5) is 19.7. The van der Waals surface area contributed by atoms with Crippen molar-refractivity contribution in [1.29, 1.82) is 0 Å². The fourth-order valence-electron chi connectivity index (χ4n) is 1.91. The van der Waals surface area contributed by atoms with Crippen molar-refractivity contribution in [3.8, 4) is 0 Å². The largest absolute Gasteiger partial charge is 0.423 e. The molecule has 0 atom stereocenters. The highest BCUT2D eigenvalue weighted by atomic mass is 16.4. The van der Waals surface area contributed by atoms with Crippen LogP contribution in [0.15, 0.2) is 22.6 Å². The Morgan fingerprint density at radius 1 is 1.43 bits per heavy atom. The van der Waals surface area contributed by atoms with Crippen molar-refractivity contribution in [2.75, 3.05) is 44.0 Å². The molecular formula is C14H20N4O3. The normalized spacial score (nSPS) is 10.7. The van der Waals surface area contributed by atoms with Crippen LogP contribution in [0, 0.1) is 0 Å². The maximum absolute atomic E-state index is 12.0. The van der Waals surface area contributed by atoms with Crippen LogP contribution in [0.3, 0.4) is 0 Å². The van der Waals surface area contributed by atoms with E-state index in [1.165, 1.54) is 4.90 Å². The summed E-state index contributed by atoms with van der Waals surface area (Å²) in [6.45, 7) is 2.64. The van der Waals surface area contributed by atoms with Gasteiger partial charge in [-0.1, -0.05) is 0 Å². The van der Waals surface area contributed by atoms with E-state index < -0.39 is 0 Å². The highest BCUT2D eigenvalue weighted by Crippen LogP contribution is 2.23. The van der Waals surface area contributed by atoms with E-state index in [1.807, 2.05) is 21.0 Å². The molecule has 0 aliphatic carbocycles. The lowest BCUT2D eigenvalue weighted by molar-refractivity contribution is 0.192. The molecule has 2 amide bonds. The zero-order chi connectivity index (χ0) is 15.4. The van der Waals surface area contributed by atoms with Crippen molar-refractivity contribution in [3.63, 3.8) is 0 Å². The number of nitrogens with one attached hydrogen (secondary N) is 1. The van der Waals surface area contributed by atoms with Crippen LogP contribution in [0.2, 0.25) is 0 Å². The summed E-state index contributed by atoms with van der Waals surface area (Å²) < 4.78 is 5.56. The molecule has 0 fully saturated rings. The number of hydrogen-bond acceptors (Lipinski definition) is 5. The average Bonchev–Trinajstić information content (AvgIpc) is 2.88. The highest BCUT2D eigenvalue weighted by Gasteiger charge is 2.12. The van der Waals surface area contributed by atoms with Gasteiger partial charge in [-0.2, -0.15) is 4.98 Å². The Morgan fingerprint density at radius 2 is 2.19 bits per heavy atom. The third-order valence-corrected chi connectivity index (χ3v) is 3.05. The summed E-state index contributed by atoms with van der Waals surface area (Å²) in [6.07, 6.45) is 0. The molecule has 0 aliphatic rings. The summed E-state index contributed by atoms with van der Waals surface area (Å²) >= 11 is 0. The minimum Gasteiger partial charge on any atom is -0.423 e. The quantitative estimate of drug-likeness (QED) is 0.877. The Morgan fingerprint density at radius 3 is 2.81 bits per heavy atom. The van der Waals surface area contributed by atoms with Crippen LogP contribution in [0.1, 0.15) is 6.92 Å². The molecule has 7 heteroatoms. The van der Waals surface area contributed by atoms with Crippen molar-refractivity contribution in [2.24, 2.45) is 0 Å². The molecule has 2 N–H and O–H groups in total. The summed E-state index contributed by atoms with van der Waals surface area (Å²) in [5.74, 6) is 0. The number of benzene rings is 1. The Labute approximate surface area is 123 Å². The number of aliphatic hydroxyl groups is 1.